The van der Waals surface area contributed by atoms with E-state index in [-0.39, 0.29) is 24.3 Å². The molecular formula is C26H27FN4O5. The van der Waals surface area contributed by atoms with Crippen molar-refractivity contribution >= 4 is 16.8 Å². The number of likely N-dealkylation sites (tertiary alicyclic amines) is 1. The van der Waals surface area contributed by atoms with E-state index >= 15 is 0 Å². The number of ether oxygens (including phenoxy) is 2. The van der Waals surface area contributed by atoms with Crippen LogP contribution < -0.4 is 4.74 Å². The van der Waals surface area contributed by atoms with Crippen LogP contribution in [0.25, 0.3) is 33.6 Å². The largest absolute Gasteiger partial charge is 0.488 e. The number of aromatic nitrogens is 3. The van der Waals surface area contributed by atoms with Crippen LogP contribution in [-0.4, -0.2) is 69.8 Å². The number of H-pyrrole nitrogens is 1. The van der Waals surface area contributed by atoms with Crippen LogP contribution in [0.15, 0.2) is 47.0 Å². The van der Waals surface area contributed by atoms with Gasteiger partial charge in [-0.15, -0.1) is 0 Å². The molecule has 188 valence electrons. The van der Waals surface area contributed by atoms with Crippen LogP contribution in [0.4, 0.5) is 4.39 Å². The smallest absolute Gasteiger partial charge is 0.254 e. The third-order valence-corrected chi connectivity index (χ3v) is 6.43. The lowest BCUT2D eigenvalue weighted by Gasteiger charge is -2.47. The van der Waals surface area contributed by atoms with E-state index in [4.69, 9.17) is 14.0 Å². The Morgan fingerprint density at radius 3 is 2.69 bits per heavy atom. The molecule has 0 aliphatic carbocycles. The van der Waals surface area contributed by atoms with Crippen molar-refractivity contribution in [3.05, 3.63) is 53.8 Å². The summed E-state index contributed by atoms with van der Waals surface area (Å²) in [5.74, 6) is -0.0381. The van der Waals surface area contributed by atoms with Crippen LogP contribution in [0.2, 0.25) is 0 Å². The Balaban J connectivity index is 1.34. The highest BCUT2D eigenvalue weighted by Gasteiger charge is 2.41. The van der Waals surface area contributed by atoms with E-state index in [9.17, 15) is 14.3 Å². The predicted octanol–water partition coefficient (Wildman–Crippen LogP) is 4.03. The molecule has 0 bridgehead atoms. The quantitative estimate of drug-likeness (QED) is 0.356. The minimum Gasteiger partial charge on any atom is -0.488 e. The first-order chi connectivity index (χ1) is 17.3. The van der Waals surface area contributed by atoms with Gasteiger partial charge in [0.2, 0.25) is 0 Å². The first kappa shape index (κ1) is 24.0. The van der Waals surface area contributed by atoms with Gasteiger partial charge in [0.1, 0.15) is 18.0 Å². The molecule has 1 fully saturated rings. The molecule has 1 aliphatic rings. The molecule has 4 aromatic rings. The number of hydrogen-bond acceptors (Lipinski definition) is 7. The van der Waals surface area contributed by atoms with Crippen molar-refractivity contribution < 1.29 is 28.3 Å². The predicted molar refractivity (Wildman–Crippen MR) is 130 cm³/mol. The average molecular weight is 495 g/mol. The normalized spacial score (nSPS) is 15.8. The van der Waals surface area contributed by atoms with E-state index < -0.39 is 11.4 Å². The van der Waals surface area contributed by atoms with Gasteiger partial charge in [-0.3, -0.25) is 9.89 Å². The third-order valence-electron chi connectivity index (χ3n) is 6.43. The maximum Gasteiger partial charge on any atom is 0.254 e. The zero-order chi connectivity index (χ0) is 25.4. The summed E-state index contributed by atoms with van der Waals surface area (Å²) in [6, 6.07) is 11.4. The second-order valence-electron chi connectivity index (χ2n) is 9.35. The zero-order valence-corrected chi connectivity index (χ0v) is 20.2. The van der Waals surface area contributed by atoms with Crippen molar-refractivity contribution in [2.75, 3.05) is 26.9 Å². The summed E-state index contributed by atoms with van der Waals surface area (Å²) in [4.78, 5) is 14.6. The fraction of sp³-hybridized carbons (Fsp3) is 0.346. The number of aliphatic hydroxyl groups is 1. The summed E-state index contributed by atoms with van der Waals surface area (Å²) in [5, 5.41) is 22.1. The minimum absolute atomic E-state index is 0.109. The van der Waals surface area contributed by atoms with Crippen molar-refractivity contribution in [3.8, 4) is 28.5 Å². The number of halogens is 1. The van der Waals surface area contributed by atoms with Gasteiger partial charge in [0.05, 0.1) is 23.8 Å². The number of hydrogen-bond donors (Lipinski definition) is 2. The summed E-state index contributed by atoms with van der Waals surface area (Å²) >= 11 is 0. The lowest BCUT2D eigenvalue weighted by atomic mass is 9.87. The SMILES string of the molecule is COCCOc1cc2[nH]nc(-c3cc(-c4ccc(C(=O)N5CCC5C(C)(C)O)cc4)on3)c2cc1F. The van der Waals surface area contributed by atoms with Crippen molar-refractivity contribution in [2.24, 2.45) is 0 Å². The van der Waals surface area contributed by atoms with Crippen LogP contribution in [0.3, 0.4) is 0 Å². The summed E-state index contributed by atoms with van der Waals surface area (Å²) < 4.78 is 30.4. The minimum atomic E-state index is -0.942. The van der Waals surface area contributed by atoms with E-state index in [2.05, 4.69) is 15.4 Å². The van der Waals surface area contributed by atoms with E-state index in [0.717, 1.165) is 12.0 Å². The molecule has 2 aromatic heterocycles. The maximum atomic E-state index is 14.6. The van der Waals surface area contributed by atoms with Gasteiger partial charge in [-0.2, -0.15) is 5.10 Å². The number of benzene rings is 2. The van der Waals surface area contributed by atoms with Crippen molar-refractivity contribution in [3.63, 3.8) is 0 Å². The van der Waals surface area contributed by atoms with Crippen molar-refractivity contribution in [1.29, 1.82) is 0 Å². The second-order valence-corrected chi connectivity index (χ2v) is 9.35. The highest BCUT2D eigenvalue weighted by molar-refractivity contribution is 5.96. The molecule has 10 heteroatoms. The van der Waals surface area contributed by atoms with Crippen LogP contribution in [0, 0.1) is 5.82 Å². The lowest BCUT2D eigenvalue weighted by Crippen LogP contribution is -2.60. The summed E-state index contributed by atoms with van der Waals surface area (Å²) in [6.07, 6.45) is 0.780. The number of amides is 1. The fourth-order valence-electron chi connectivity index (χ4n) is 4.39. The summed E-state index contributed by atoms with van der Waals surface area (Å²) in [6.45, 7) is 4.64. The van der Waals surface area contributed by atoms with E-state index in [1.165, 1.54) is 6.07 Å². The number of rotatable bonds is 8. The molecule has 1 saturated heterocycles. The van der Waals surface area contributed by atoms with Gasteiger partial charge >= 0.3 is 0 Å². The van der Waals surface area contributed by atoms with Crippen molar-refractivity contribution in [1.82, 2.24) is 20.3 Å². The summed E-state index contributed by atoms with van der Waals surface area (Å²) in [5.41, 5.74) is 1.81. The molecule has 0 radical (unpaired) electrons. The molecule has 1 unspecified atom stereocenters. The van der Waals surface area contributed by atoms with Gasteiger partial charge in [0.25, 0.3) is 5.91 Å². The molecule has 1 atom stereocenters. The lowest BCUT2D eigenvalue weighted by molar-refractivity contribution is -0.0550. The first-order valence-corrected chi connectivity index (χ1v) is 11.7. The highest BCUT2D eigenvalue weighted by Crippen LogP contribution is 2.33. The molecule has 2 aromatic carbocycles. The van der Waals surface area contributed by atoms with Crippen LogP contribution in [0.1, 0.15) is 30.6 Å². The number of fused-ring (bicyclic) bond motifs is 1. The van der Waals surface area contributed by atoms with E-state index in [1.807, 2.05) is 0 Å². The highest BCUT2D eigenvalue weighted by atomic mass is 19.1. The molecule has 5 rings (SSSR count). The summed E-state index contributed by atoms with van der Waals surface area (Å²) in [7, 11) is 1.55. The number of nitrogens with zero attached hydrogens (tertiary/aromatic N) is 3. The van der Waals surface area contributed by atoms with Crippen LogP contribution >= 0.6 is 0 Å². The Bertz CT molecular complexity index is 1390. The standard InChI is InChI=1S/C26H27FN4O5/c1-26(2,33)23-8-9-31(23)25(32)16-6-4-15(5-7-16)21-14-20(30-36-21)24-17-12-18(27)22(35-11-10-34-3)13-19(17)28-29-24/h4-7,12-14,23,33H,8-11H2,1-3H3,(H,28,29). The third kappa shape index (κ3) is 4.45. The maximum absolute atomic E-state index is 14.6. The molecule has 2 N–H and O–H groups in total. The van der Waals surface area contributed by atoms with Gasteiger partial charge in [0.15, 0.2) is 17.3 Å². The number of nitrogens with one attached hydrogen (secondary N) is 1. The second kappa shape index (κ2) is 9.36. The van der Waals surface area contributed by atoms with Crippen molar-refractivity contribution in [2.45, 2.75) is 31.9 Å². The number of carbonyl (C=O) groups is 1. The molecule has 0 spiro atoms. The van der Waals surface area contributed by atoms with Crippen LogP contribution in [-0.2, 0) is 4.74 Å². The first-order valence-electron chi connectivity index (χ1n) is 11.7. The topological polar surface area (TPSA) is 114 Å². The van der Waals surface area contributed by atoms with E-state index in [1.54, 1.807) is 62.3 Å². The van der Waals surface area contributed by atoms with Gasteiger partial charge < -0.3 is 24.0 Å². The Hall–Kier alpha value is -3.76. The van der Waals surface area contributed by atoms with Gasteiger partial charge in [-0.1, -0.05) is 17.3 Å². The molecule has 36 heavy (non-hydrogen) atoms. The molecule has 3 heterocycles. The van der Waals surface area contributed by atoms with Crippen LogP contribution in [0.5, 0.6) is 5.75 Å². The molecule has 1 amide bonds. The number of aromatic amines is 1. The Morgan fingerprint density at radius 2 is 2.03 bits per heavy atom. The molecule has 9 nitrogen and oxygen atoms in total. The molecule has 1 aliphatic heterocycles. The van der Waals surface area contributed by atoms with Gasteiger partial charge in [-0.05, 0) is 38.5 Å². The zero-order valence-electron chi connectivity index (χ0n) is 20.2. The fourth-order valence-corrected chi connectivity index (χ4v) is 4.39. The van der Waals surface area contributed by atoms with E-state index in [0.29, 0.717) is 46.8 Å². The Morgan fingerprint density at radius 1 is 1.25 bits per heavy atom. The Kier molecular flexibility index (Phi) is 6.23. The van der Waals surface area contributed by atoms with Gasteiger partial charge in [0, 0.05) is 42.3 Å². The Labute approximate surface area is 206 Å². The number of methoxy groups -OCH3 is 1. The monoisotopic (exact) mass is 494 g/mol. The van der Waals surface area contributed by atoms with Gasteiger partial charge in [-0.25, -0.2) is 4.39 Å². The average Bonchev–Trinajstić information content (AvgIpc) is 3.44. The number of carbonyl (C=O) groups excluding carboxylic acids is 1. The molecule has 0 saturated carbocycles. The molecular weight excluding hydrogens is 467 g/mol.